The number of carboxylic acid groups (broad SMARTS) is 1. The van der Waals surface area contributed by atoms with Gasteiger partial charge in [0, 0.05) is 17.5 Å². The molecule has 0 aliphatic heterocycles. The summed E-state index contributed by atoms with van der Waals surface area (Å²) in [7, 11) is 0. The number of nitrogens with zero attached hydrogens (tertiary/aromatic N) is 2. The van der Waals surface area contributed by atoms with Gasteiger partial charge in [0.15, 0.2) is 0 Å². The van der Waals surface area contributed by atoms with Crippen LogP contribution in [0.2, 0.25) is 0 Å². The van der Waals surface area contributed by atoms with Crippen molar-refractivity contribution in [3.63, 3.8) is 0 Å². The molecule has 37 heavy (non-hydrogen) atoms. The Morgan fingerprint density at radius 1 is 1.08 bits per heavy atom. The summed E-state index contributed by atoms with van der Waals surface area (Å²) in [6, 6.07) is 15.4. The number of amides is 1. The Bertz CT molecular complexity index is 1290. The van der Waals surface area contributed by atoms with Gasteiger partial charge in [0.25, 0.3) is 5.56 Å². The minimum atomic E-state index is -1.03. The smallest absolute Gasteiger partial charge is 0.408 e. The van der Waals surface area contributed by atoms with E-state index in [9.17, 15) is 14.7 Å². The van der Waals surface area contributed by atoms with E-state index in [2.05, 4.69) is 6.92 Å². The Morgan fingerprint density at radius 2 is 1.81 bits per heavy atom. The van der Waals surface area contributed by atoms with Crippen molar-refractivity contribution in [3.05, 3.63) is 70.1 Å². The van der Waals surface area contributed by atoms with Gasteiger partial charge in [-0.3, -0.25) is 9.69 Å². The van der Waals surface area contributed by atoms with Gasteiger partial charge in [-0.25, -0.2) is 4.79 Å². The lowest BCUT2D eigenvalue weighted by atomic mass is 10.0. The molecule has 2 aromatic carbocycles. The van der Waals surface area contributed by atoms with E-state index in [1.54, 1.807) is 10.6 Å². The van der Waals surface area contributed by atoms with Gasteiger partial charge in [0.05, 0.1) is 24.2 Å². The second-order valence-electron chi connectivity index (χ2n) is 10.9. The van der Waals surface area contributed by atoms with Gasteiger partial charge in [-0.15, -0.1) is 0 Å². The number of hydrogen-bond donors (Lipinski definition) is 1. The Kier molecular flexibility index (Phi) is 8.10. The number of fused-ring (bicyclic) bond motifs is 1. The zero-order chi connectivity index (χ0) is 26.6. The summed E-state index contributed by atoms with van der Waals surface area (Å²) >= 11 is 0. The molecule has 1 saturated carbocycles. The first-order valence-corrected chi connectivity index (χ1v) is 13.2. The number of pyridine rings is 1. The number of carbonyl (C=O) groups is 1. The summed E-state index contributed by atoms with van der Waals surface area (Å²) < 4.78 is 14.2. The van der Waals surface area contributed by atoms with Crippen LogP contribution in [0.25, 0.3) is 10.8 Å². The Morgan fingerprint density at radius 3 is 2.43 bits per heavy atom. The van der Waals surface area contributed by atoms with E-state index in [-0.39, 0.29) is 12.1 Å². The van der Waals surface area contributed by atoms with Gasteiger partial charge >= 0.3 is 6.09 Å². The third kappa shape index (κ3) is 6.45. The second-order valence-corrected chi connectivity index (χ2v) is 10.9. The van der Waals surface area contributed by atoms with Crippen LogP contribution in [0.4, 0.5) is 4.79 Å². The maximum absolute atomic E-state index is 13.8. The molecule has 1 fully saturated rings. The van der Waals surface area contributed by atoms with Crippen LogP contribution in [-0.4, -0.2) is 32.8 Å². The minimum absolute atomic E-state index is 0.0628. The fourth-order valence-electron chi connectivity index (χ4n) is 4.40. The van der Waals surface area contributed by atoms with Crippen molar-refractivity contribution < 1.29 is 19.4 Å². The maximum Gasteiger partial charge on any atom is 0.408 e. The number of hydrogen-bond acceptors (Lipinski definition) is 4. The van der Waals surface area contributed by atoms with Crippen molar-refractivity contribution in [2.24, 2.45) is 5.92 Å². The van der Waals surface area contributed by atoms with Crippen molar-refractivity contribution in [2.45, 2.75) is 78.6 Å². The molecule has 7 heteroatoms. The lowest BCUT2D eigenvalue weighted by Crippen LogP contribution is -2.45. The van der Waals surface area contributed by atoms with E-state index in [0.717, 1.165) is 31.2 Å². The van der Waals surface area contributed by atoms with Crippen molar-refractivity contribution in [1.29, 1.82) is 0 Å². The fraction of sp³-hybridized carbons (Fsp3) is 0.467. The highest BCUT2D eigenvalue weighted by Gasteiger charge is 2.31. The molecule has 1 amide bonds. The molecular weight excluding hydrogens is 468 g/mol. The molecular formula is C30H38N2O5. The predicted octanol–water partition coefficient (Wildman–Crippen LogP) is 6.45. The molecule has 1 N–H and O–H groups in total. The summed E-state index contributed by atoms with van der Waals surface area (Å²) in [4.78, 5) is 27.4. The van der Waals surface area contributed by atoms with Gasteiger partial charge in [-0.05, 0) is 69.7 Å². The van der Waals surface area contributed by atoms with Gasteiger partial charge in [0.1, 0.15) is 18.1 Å². The average molecular weight is 507 g/mol. The van der Waals surface area contributed by atoms with E-state index >= 15 is 0 Å². The molecule has 0 saturated heterocycles. The van der Waals surface area contributed by atoms with Crippen LogP contribution in [0.5, 0.6) is 11.5 Å². The maximum atomic E-state index is 13.8. The van der Waals surface area contributed by atoms with Crippen LogP contribution in [0.1, 0.15) is 64.6 Å². The van der Waals surface area contributed by atoms with E-state index in [0.29, 0.717) is 53.6 Å². The zero-order valence-electron chi connectivity index (χ0n) is 22.3. The van der Waals surface area contributed by atoms with Crippen LogP contribution in [0.15, 0.2) is 53.3 Å². The number of ether oxygens (including phenoxy) is 2. The zero-order valence-corrected chi connectivity index (χ0v) is 22.3. The Balaban J connectivity index is 1.84. The van der Waals surface area contributed by atoms with E-state index < -0.39 is 11.6 Å². The molecule has 0 radical (unpaired) electrons. The summed E-state index contributed by atoms with van der Waals surface area (Å²) in [5.41, 5.74) is 0.888. The number of rotatable bonds is 11. The summed E-state index contributed by atoms with van der Waals surface area (Å²) in [6.45, 7) is 9.19. The third-order valence-electron chi connectivity index (χ3n) is 6.78. The lowest BCUT2D eigenvalue weighted by molar-refractivity contribution is 0.0928. The normalized spacial score (nSPS) is 13.5. The standard InChI is InChI=1S/C30H38N2O5/c1-5-6-16-36-27-25-17-23(37-20-22-10-8-7-9-11-22)14-15-24(25)28(33)31(18-21-12-13-21)26(27)19-32(29(34)35)30(2,3)4/h7-11,14-15,17,21H,5-6,12-13,16,18-20H2,1-4H3,(H,34,35). The summed E-state index contributed by atoms with van der Waals surface area (Å²) in [5, 5.41) is 11.3. The third-order valence-corrected chi connectivity index (χ3v) is 6.78. The van der Waals surface area contributed by atoms with Crippen LogP contribution >= 0.6 is 0 Å². The average Bonchev–Trinajstić information content (AvgIpc) is 3.68. The number of aromatic nitrogens is 1. The highest BCUT2D eigenvalue weighted by molar-refractivity contribution is 5.90. The van der Waals surface area contributed by atoms with Crippen molar-refractivity contribution in [3.8, 4) is 11.5 Å². The van der Waals surface area contributed by atoms with Crippen LogP contribution < -0.4 is 15.0 Å². The largest absolute Gasteiger partial charge is 0.491 e. The minimum Gasteiger partial charge on any atom is -0.491 e. The molecule has 1 heterocycles. The fourth-order valence-corrected chi connectivity index (χ4v) is 4.40. The van der Waals surface area contributed by atoms with Crippen molar-refractivity contribution in [1.82, 2.24) is 9.47 Å². The molecule has 1 aliphatic carbocycles. The van der Waals surface area contributed by atoms with Crippen LogP contribution in [0, 0.1) is 5.92 Å². The molecule has 7 nitrogen and oxygen atoms in total. The summed E-state index contributed by atoms with van der Waals surface area (Å²) in [5.74, 6) is 1.64. The van der Waals surface area contributed by atoms with E-state index in [1.807, 2.05) is 63.2 Å². The lowest BCUT2D eigenvalue weighted by Gasteiger charge is -2.34. The van der Waals surface area contributed by atoms with E-state index in [4.69, 9.17) is 9.47 Å². The van der Waals surface area contributed by atoms with Gasteiger partial charge in [-0.1, -0.05) is 43.7 Å². The first-order chi connectivity index (χ1) is 17.7. The first-order valence-electron chi connectivity index (χ1n) is 13.2. The van der Waals surface area contributed by atoms with Crippen LogP contribution in [-0.2, 0) is 19.7 Å². The Hall–Kier alpha value is -3.48. The predicted molar refractivity (Wildman–Crippen MR) is 145 cm³/mol. The molecule has 1 aromatic heterocycles. The molecule has 0 spiro atoms. The van der Waals surface area contributed by atoms with Gasteiger partial charge in [-0.2, -0.15) is 0 Å². The topological polar surface area (TPSA) is 81.0 Å². The highest BCUT2D eigenvalue weighted by Crippen LogP contribution is 2.36. The van der Waals surface area contributed by atoms with Crippen molar-refractivity contribution in [2.75, 3.05) is 6.61 Å². The van der Waals surface area contributed by atoms with Crippen molar-refractivity contribution >= 4 is 16.9 Å². The van der Waals surface area contributed by atoms with Gasteiger partial charge < -0.3 is 19.1 Å². The highest BCUT2D eigenvalue weighted by atomic mass is 16.5. The summed E-state index contributed by atoms with van der Waals surface area (Å²) in [6.07, 6.45) is 2.93. The first kappa shape index (κ1) is 26.6. The molecule has 198 valence electrons. The van der Waals surface area contributed by atoms with Gasteiger partial charge in [0.2, 0.25) is 0 Å². The number of benzene rings is 2. The molecule has 0 bridgehead atoms. The molecule has 3 aromatic rings. The molecule has 1 aliphatic rings. The molecule has 0 atom stereocenters. The monoisotopic (exact) mass is 506 g/mol. The SMILES string of the molecule is CCCCOc1c(CN(C(=O)O)C(C)(C)C)n(CC2CC2)c(=O)c2ccc(OCc3ccccc3)cc12. The molecule has 0 unspecified atom stereocenters. The number of unbranched alkanes of at least 4 members (excludes halogenated alkanes) is 1. The Labute approximate surface area is 218 Å². The van der Waals surface area contributed by atoms with Crippen LogP contribution in [0.3, 0.4) is 0 Å². The molecule has 4 rings (SSSR count). The second kappa shape index (κ2) is 11.3. The van der Waals surface area contributed by atoms with E-state index in [1.165, 1.54) is 4.90 Å². The quantitative estimate of drug-likeness (QED) is 0.302.